The van der Waals surface area contributed by atoms with Gasteiger partial charge in [-0.3, -0.25) is 9.67 Å². The molecule has 0 aliphatic carbocycles. The predicted octanol–water partition coefficient (Wildman–Crippen LogP) is 1.85. The zero-order valence-electron chi connectivity index (χ0n) is 12.2. The molecule has 1 aliphatic heterocycles. The largest absolute Gasteiger partial charge is 0.364 e. The fraction of sp³-hybridized carbons (Fsp3) is 0.769. The van der Waals surface area contributed by atoms with Gasteiger partial charge in [0.1, 0.15) is 6.33 Å². The number of thioether (sulfide) groups is 1. The summed E-state index contributed by atoms with van der Waals surface area (Å²) >= 11 is 1.87. The van der Waals surface area contributed by atoms with Gasteiger partial charge in [-0.1, -0.05) is 32.5 Å². The summed E-state index contributed by atoms with van der Waals surface area (Å²) in [5.74, 6) is 0.879. The lowest BCUT2D eigenvalue weighted by molar-refractivity contribution is 0.375. The van der Waals surface area contributed by atoms with Gasteiger partial charge in [-0.25, -0.2) is 4.98 Å². The normalized spacial score (nSPS) is 19.6. The number of nitrogens with one attached hydrogen (secondary N) is 1. The molecule has 5 nitrogen and oxygen atoms in total. The van der Waals surface area contributed by atoms with E-state index < -0.39 is 0 Å². The van der Waals surface area contributed by atoms with E-state index in [1.807, 2.05) is 18.8 Å². The third-order valence-corrected chi connectivity index (χ3v) is 3.97. The van der Waals surface area contributed by atoms with Gasteiger partial charge in [-0.05, 0) is 11.8 Å². The Hall–Kier alpha value is -1.04. The van der Waals surface area contributed by atoms with E-state index in [1.54, 1.807) is 11.0 Å². The van der Waals surface area contributed by atoms with Crippen LogP contribution < -0.4 is 5.32 Å². The molecule has 1 N–H and O–H groups in total. The van der Waals surface area contributed by atoms with Crippen LogP contribution in [0.25, 0.3) is 0 Å². The molecule has 1 aliphatic rings. The van der Waals surface area contributed by atoms with Crippen LogP contribution in [-0.4, -0.2) is 38.3 Å². The highest BCUT2D eigenvalue weighted by atomic mass is 32.2. The first kappa shape index (κ1) is 14.4. The van der Waals surface area contributed by atoms with Crippen molar-refractivity contribution < 1.29 is 0 Å². The number of hydrogen-bond acceptors (Lipinski definition) is 5. The number of aryl methyl sites for hydroxylation is 1. The van der Waals surface area contributed by atoms with Gasteiger partial charge in [-0.2, -0.15) is 5.10 Å². The van der Waals surface area contributed by atoms with E-state index in [9.17, 15) is 0 Å². The average molecular weight is 281 g/mol. The van der Waals surface area contributed by atoms with Crippen molar-refractivity contribution in [2.75, 3.05) is 13.1 Å². The number of nitrogens with zero attached hydrogens (tertiary/aromatic N) is 4. The summed E-state index contributed by atoms with van der Waals surface area (Å²) in [5, 5.41) is 9.33. The molecule has 2 rings (SSSR count). The van der Waals surface area contributed by atoms with Crippen molar-refractivity contribution in [2.24, 2.45) is 17.5 Å². The second-order valence-electron chi connectivity index (χ2n) is 6.16. The summed E-state index contributed by atoms with van der Waals surface area (Å²) < 4.78 is 1.73. The maximum atomic E-state index is 4.56. The third kappa shape index (κ3) is 4.86. The van der Waals surface area contributed by atoms with Crippen LogP contribution in [-0.2, 0) is 13.5 Å². The van der Waals surface area contributed by atoms with Crippen molar-refractivity contribution in [3.8, 4) is 0 Å². The fourth-order valence-electron chi connectivity index (χ4n) is 2.08. The summed E-state index contributed by atoms with van der Waals surface area (Å²) in [5.41, 5.74) is 0.376. The number of aromatic nitrogens is 3. The Bertz CT molecular complexity index is 446. The molecule has 0 saturated heterocycles. The standard InChI is InChI=1S/C13H23N5S/c1-13(2,3)7-10-8-15-12(19-10)14-6-5-11-16-9-18(4)17-11/h9-10H,5-8H2,1-4H3,(H,14,15). The second kappa shape index (κ2) is 5.94. The maximum absolute atomic E-state index is 4.56. The number of rotatable bonds is 4. The van der Waals surface area contributed by atoms with Crippen LogP contribution in [0.5, 0.6) is 0 Å². The Morgan fingerprint density at radius 3 is 2.89 bits per heavy atom. The summed E-state index contributed by atoms with van der Waals surface area (Å²) in [4.78, 5) is 8.77. The molecule has 6 heteroatoms. The van der Waals surface area contributed by atoms with Crippen LogP contribution in [0.15, 0.2) is 11.3 Å². The van der Waals surface area contributed by atoms with Gasteiger partial charge in [0.2, 0.25) is 0 Å². The molecule has 0 fully saturated rings. The van der Waals surface area contributed by atoms with E-state index in [0.29, 0.717) is 10.7 Å². The second-order valence-corrected chi connectivity index (χ2v) is 7.45. The maximum Gasteiger partial charge on any atom is 0.156 e. The molecule has 106 valence electrons. The molecular formula is C13H23N5S. The smallest absolute Gasteiger partial charge is 0.156 e. The van der Waals surface area contributed by atoms with Crippen molar-refractivity contribution >= 4 is 16.9 Å². The van der Waals surface area contributed by atoms with E-state index in [1.165, 1.54) is 6.42 Å². The minimum atomic E-state index is 0.376. The number of amidine groups is 1. The third-order valence-electron chi connectivity index (χ3n) is 2.83. The minimum absolute atomic E-state index is 0.376. The van der Waals surface area contributed by atoms with Gasteiger partial charge >= 0.3 is 0 Å². The Morgan fingerprint density at radius 1 is 1.47 bits per heavy atom. The van der Waals surface area contributed by atoms with Crippen molar-refractivity contribution in [3.63, 3.8) is 0 Å². The van der Waals surface area contributed by atoms with Gasteiger partial charge in [0, 0.05) is 25.3 Å². The van der Waals surface area contributed by atoms with Gasteiger partial charge < -0.3 is 5.32 Å². The van der Waals surface area contributed by atoms with E-state index >= 15 is 0 Å². The quantitative estimate of drug-likeness (QED) is 0.915. The van der Waals surface area contributed by atoms with Crippen molar-refractivity contribution in [2.45, 2.75) is 38.9 Å². The van der Waals surface area contributed by atoms with E-state index in [4.69, 9.17) is 0 Å². The highest BCUT2D eigenvalue weighted by Crippen LogP contribution is 2.31. The highest BCUT2D eigenvalue weighted by Gasteiger charge is 2.24. The van der Waals surface area contributed by atoms with E-state index in [0.717, 1.165) is 30.5 Å². The summed E-state index contributed by atoms with van der Waals surface area (Å²) in [6, 6.07) is 0. The molecule has 0 saturated carbocycles. The lowest BCUT2D eigenvalue weighted by atomic mass is 9.90. The van der Waals surface area contributed by atoms with Crippen LogP contribution in [0.4, 0.5) is 0 Å². The molecule has 0 bridgehead atoms. The van der Waals surface area contributed by atoms with Crippen LogP contribution in [0.3, 0.4) is 0 Å². The molecule has 0 radical (unpaired) electrons. The van der Waals surface area contributed by atoms with Crippen molar-refractivity contribution in [1.82, 2.24) is 20.1 Å². The van der Waals surface area contributed by atoms with E-state index in [2.05, 4.69) is 41.2 Å². The molecule has 2 heterocycles. The van der Waals surface area contributed by atoms with Crippen molar-refractivity contribution in [1.29, 1.82) is 0 Å². The Labute approximate surface area is 119 Å². The van der Waals surface area contributed by atoms with Gasteiger partial charge in [0.05, 0.1) is 6.54 Å². The van der Waals surface area contributed by atoms with Crippen LogP contribution in [0.1, 0.15) is 33.0 Å². The molecule has 0 spiro atoms. The topological polar surface area (TPSA) is 55.1 Å². The Kier molecular flexibility index (Phi) is 4.50. The number of aliphatic imine (C=N–C) groups is 1. The molecule has 1 atom stereocenters. The Morgan fingerprint density at radius 2 is 2.26 bits per heavy atom. The number of hydrogen-bond donors (Lipinski definition) is 1. The molecule has 0 amide bonds. The summed E-state index contributed by atoms with van der Waals surface area (Å²) in [6.45, 7) is 8.63. The van der Waals surface area contributed by atoms with Gasteiger partial charge in [0.15, 0.2) is 11.0 Å². The molecule has 19 heavy (non-hydrogen) atoms. The fourth-order valence-corrected chi connectivity index (χ4v) is 3.47. The lowest BCUT2D eigenvalue weighted by Crippen LogP contribution is -2.23. The van der Waals surface area contributed by atoms with Gasteiger partial charge in [-0.15, -0.1) is 0 Å². The molecule has 0 aromatic carbocycles. The highest BCUT2D eigenvalue weighted by molar-refractivity contribution is 8.14. The zero-order valence-corrected chi connectivity index (χ0v) is 13.0. The SMILES string of the molecule is Cn1cnc(CCNC2=NCC(CC(C)(C)C)S2)n1. The van der Waals surface area contributed by atoms with Crippen LogP contribution in [0.2, 0.25) is 0 Å². The molecular weight excluding hydrogens is 258 g/mol. The average Bonchev–Trinajstić information content (AvgIpc) is 2.86. The molecule has 1 aromatic heterocycles. The van der Waals surface area contributed by atoms with Crippen LogP contribution in [0, 0.1) is 5.41 Å². The summed E-state index contributed by atoms with van der Waals surface area (Å²) in [6.07, 6.45) is 3.77. The monoisotopic (exact) mass is 281 g/mol. The van der Waals surface area contributed by atoms with Crippen LogP contribution >= 0.6 is 11.8 Å². The minimum Gasteiger partial charge on any atom is -0.364 e. The lowest BCUT2D eigenvalue weighted by Gasteiger charge is -2.21. The first-order valence-electron chi connectivity index (χ1n) is 6.72. The Balaban J connectivity index is 1.68. The van der Waals surface area contributed by atoms with Crippen molar-refractivity contribution in [3.05, 3.63) is 12.2 Å². The molecule has 1 aromatic rings. The van der Waals surface area contributed by atoms with E-state index in [-0.39, 0.29) is 0 Å². The predicted molar refractivity (Wildman–Crippen MR) is 80.5 cm³/mol. The first-order valence-corrected chi connectivity index (χ1v) is 7.60. The summed E-state index contributed by atoms with van der Waals surface area (Å²) in [7, 11) is 1.89. The first-order chi connectivity index (χ1) is 8.92. The molecule has 1 unspecified atom stereocenters. The van der Waals surface area contributed by atoms with Gasteiger partial charge in [0.25, 0.3) is 0 Å². The zero-order chi connectivity index (χ0) is 13.9.